The van der Waals surface area contributed by atoms with Crippen LogP contribution in [0, 0.1) is 0 Å². The minimum atomic E-state index is 0.457. The minimum Gasteiger partial charge on any atom is -0.384 e. The van der Waals surface area contributed by atoms with Crippen molar-refractivity contribution < 1.29 is 0 Å². The first-order chi connectivity index (χ1) is 3.89. The van der Waals surface area contributed by atoms with Crippen LogP contribution in [0.1, 0.15) is 0 Å². The summed E-state index contributed by atoms with van der Waals surface area (Å²) in [4.78, 5) is 7.27. The first-order valence-corrected chi connectivity index (χ1v) is 2.16. The monoisotopic (exact) mass is 107 g/mol. The summed E-state index contributed by atoms with van der Waals surface area (Å²) in [6.07, 6.45) is 4.60. The Labute approximate surface area is 46.9 Å². The van der Waals surface area contributed by atoms with Gasteiger partial charge in [-0.2, -0.15) is 4.99 Å². The smallest absolute Gasteiger partial charge is 0.127 e. The van der Waals surface area contributed by atoms with Crippen molar-refractivity contribution in [1.29, 1.82) is 0 Å². The second-order valence-corrected chi connectivity index (χ2v) is 1.26. The number of nitrogens with two attached hydrogens (primary N) is 1. The molecule has 3 heteroatoms. The largest absolute Gasteiger partial charge is 0.384 e. The predicted octanol–water partition coefficient (Wildman–Crippen LogP) is 0.0543. The van der Waals surface area contributed by atoms with E-state index in [1.165, 1.54) is 6.34 Å². The van der Waals surface area contributed by atoms with Gasteiger partial charge < -0.3 is 5.73 Å². The highest BCUT2D eigenvalue weighted by molar-refractivity contribution is 5.72. The van der Waals surface area contributed by atoms with E-state index >= 15 is 0 Å². The average molecular weight is 107 g/mol. The van der Waals surface area contributed by atoms with Crippen molar-refractivity contribution >= 4 is 12.2 Å². The number of hydrogen-bond donors (Lipinski definition) is 1. The summed E-state index contributed by atoms with van der Waals surface area (Å²) < 4.78 is 0. The second kappa shape index (κ2) is 2.09. The molecule has 0 spiro atoms. The fraction of sp³-hybridized carbons (Fsp3) is 0. The Kier molecular flexibility index (Phi) is 1.26. The summed E-state index contributed by atoms with van der Waals surface area (Å²) in [7, 11) is 0. The molecule has 0 radical (unpaired) electrons. The van der Waals surface area contributed by atoms with E-state index < -0.39 is 0 Å². The van der Waals surface area contributed by atoms with Crippen LogP contribution in [0.2, 0.25) is 0 Å². The highest BCUT2D eigenvalue weighted by atomic mass is 14.9. The summed E-state index contributed by atoms with van der Waals surface area (Å²) in [6.45, 7) is 0. The van der Waals surface area contributed by atoms with E-state index in [2.05, 4.69) is 15.9 Å². The molecule has 1 heterocycles. The van der Waals surface area contributed by atoms with Gasteiger partial charge in [-0.1, -0.05) is 0 Å². The summed E-state index contributed by atoms with van der Waals surface area (Å²) in [5, 5.41) is 0. The molecule has 0 aromatic rings. The maximum Gasteiger partial charge on any atom is 0.127 e. The van der Waals surface area contributed by atoms with Gasteiger partial charge in [0.05, 0.1) is 0 Å². The quantitative estimate of drug-likeness (QED) is 0.467. The Morgan fingerprint density at radius 2 is 2.50 bits per heavy atom. The molecule has 2 N–H and O–H groups in total. The molecular weight excluding hydrogens is 102 g/mol. The molecule has 0 saturated heterocycles. The molecule has 1 aliphatic rings. The van der Waals surface area contributed by atoms with Gasteiger partial charge in [-0.25, -0.2) is 4.99 Å². The number of rotatable bonds is 0. The lowest BCUT2D eigenvalue weighted by atomic mass is 10.5. The van der Waals surface area contributed by atoms with Gasteiger partial charge in [0.2, 0.25) is 0 Å². The zero-order valence-corrected chi connectivity index (χ0v) is 4.20. The van der Waals surface area contributed by atoms with Gasteiger partial charge in [0.15, 0.2) is 0 Å². The fourth-order valence-electron chi connectivity index (χ4n) is 0.338. The molecule has 1 aliphatic heterocycles. The van der Waals surface area contributed by atoms with E-state index in [4.69, 9.17) is 5.73 Å². The molecule has 1 rings (SSSR count). The normalized spacial score (nSPS) is 15.8. The van der Waals surface area contributed by atoms with E-state index in [1.807, 2.05) is 0 Å². The van der Waals surface area contributed by atoms with Gasteiger partial charge in [0.25, 0.3) is 0 Å². The number of aliphatic imine (C=N–C) groups is 2. The van der Waals surface area contributed by atoms with Gasteiger partial charge >= 0.3 is 0 Å². The van der Waals surface area contributed by atoms with Crippen LogP contribution in [0.15, 0.2) is 28.0 Å². The molecule has 0 aromatic heterocycles. The molecule has 0 aliphatic carbocycles. The first kappa shape index (κ1) is 4.81. The van der Waals surface area contributed by atoms with Crippen LogP contribution >= 0.6 is 0 Å². The van der Waals surface area contributed by atoms with Gasteiger partial charge in [-0.15, -0.1) is 0 Å². The van der Waals surface area contributed by atoms with Crippen LogP contribution in [0.25, 0.3) is 0 Å². The molecular formula is C5H5N3. The van der Waals surface area contributed by atoms with E-state index in [0.717, 1.165) is 0 Å². The summed E-state index contributed by atoms with van der Waals surface area (Å²) in [6, 6.07) is 0. The molecule has 0 atom stereocenters. The third kappa shape index (κ3) is 1.06. The molecule has 0 saturated carbocycles. The SMILES string of the molecule is NC1=CC=C=NC=N1. The van der Waals surface area contributed by atoms with E-state index in [0.29, 0.717) is 5.82 Å². The lowest BCUT2D eigenvalue weighted by Gasteiger charge is -1.81. The van der Waals surface area contributed by atoms with Crippen LogP contribution < -0.4 is 5.73 Å². The summed E-state index contributed by atoms with van der Waals surface area (Å²) in [5.74, 6) is 3.03. The zero-order valence-electron chi connectivity index (χ0n) is 4.20. The van der Waals surface area contributed by atoms with Gasteiger partial charge in [0, 0.05) is 6.08 Å². The maximum absolute atomic E-state index is 5.27. The Balaban J connectivity index is 2.90. The van der Waals surface area contributed by atoms with Crippen molar-refractivity contribution in [1.82, 2.24) is 0 Å². The molecule has 0 fully saturated rings. The number of hydrogen-bond acceptors (Lipinski definition) is 3. The van der Waals surface area contributed by atoms with E-state index in [1.54, 1.807) is 12.2 Å². The molecule has 40 valence electrons. The van der Waals surface area contributed by atoms with E-state index in [-0.39, 0.29) is 0 Å². The number of nitrogens with zero attached hydrogens (tertiary/aromatic N) is 2. The molecule has 8 heavy (non-hydrogen) atoms. The first-order valence-electron chi connectivity index (χ1n) is 2.16. The molecule has 0 bridgehead atoms. The van der Waals surface area contributed by atoms with Crippen molar-refractivity contribution in [3.8, 4) is 0 Å². The van der Waals surface area contributed by atoms with Crippen LogP contribution in [0.3, 0.4) is 0 Å². The maximum atomic E-state index is 5.27. The average Bonchev–Trinajstić information content (AvgIpc) is 1.94. The van der Waals surface area contributed by atoms with Gasteiger partial charge in [0.1, 0.15) is 12.2 Å². The molecule has 3 nitrogen and oxygen atoms in total. The molecule has 0 unspecified atom stereocenters. The third-order valence-corrected chi connectivity index (χ3v) is 0.668. The minimum absolute atomic E-state index is 0.457. The Morgan fingerprint density at radius 1 is 1.62 bits per heavy atom. The van der Waals surface area contributed by atoms with E-state index in [9.17, 15) is 0 Å². The Bertz CT molecular complexity index is 194. The van der Waals surface area contributed by atoms with Crippen LogP contribution in [-0.2, 0) is 0 Å². The van der Waals surface area contributed by atoms with Crippen LogP contribution in [0.4, 0.5) is 0 Å². The number of allylic oxidation sites excluding steroid dienone is 2. The summed E-state index contributed by atoms with van der Waals surface area (Å²) in [5.41, 5.74) is 5.27. The zero-order chi connectivity index (χ0) is 5.82. The summed E-state index contributed by atoms with van der Waals surface area (Å²) >= 11 is 0. The predicted molar refractivity (Wildman–Crippen MR) is 32.8 cm³/mol. The van der Waals surface area contributed by atoms with Crippen molar-refractivity contribution in [3.05, 3.63) is 18.0 Å². The molecule has 0 amide bonds. The van der Waals surface area contributed by atoms with Gasteiger partial charge in [-0.05, 0) is 11.9 Å². The lowest BCUT2D eigenvalue weighted by molar-refractivity contribution is 1.25. The highest BCUT2D eigenvalue weighted by Crippen LogP contribution is 1.85. The van der Waals surface area contributed by atoms with Crippen molar-refractivity contribution in [2.75, 3.05) is 0 Å². The molecule has 0 aromatic carbocycles. The van der Waals surface area contributed by atoms with Gasteiger partial charge in [-0.3, -0.25) is 0 Å². The third-order valence-electron chi connectivity index (χ3n) is 0.668. The van der Waals surface area contributed by atoms with Crippen LogP contribution in [0.5, 0.6) is 0 Å². The second-order valence-electron chi connectivity index (χ2n) is 1.26. The topological polar surface area (TPSA) is 50.7 Å². The highest BCUT2D eigenvalue weighted by Gasteiger charge is 1.78. The van der Waals surface area contributed by atoms with Crippen molar-refractivity contribution in [3.63, 3.8) is 0 Å². The Morgan fingerprint density at radius 3 is 3.38 bits per heavy atom. The Hall–Kier alpha value is -1.34. The fourth-order valence-corrected chi connectivity index (χ4v) is 0.338. The lowest BCUT2D eigenvalue weighted by Crippen LogP contribution is -1.90. The van der Waals surface area contributed by atoms with Crippen molar-refractivity contribution in [2.45, 2.75) is 0 Å². The standard InChI is InChI=1S/C5H5N3/c6-5-2-1-3-7-4-8-5/h1-2,4H,6H2. The van der Waals surface area contributed by atoms with Crippen LogP contribution in [-0.4, -0.2) is 12.2 Å². The van der Waals surface area contributed by atoms with Crippen molar-refractivity contribution in [2.24, 2.45) is 15.7 Å².